The summed E-state index contributed by atoms with van der Waals surface area (Å²) < 4.78 is 15.0. The molecule has 0 bridgehead atoms. The van der Waals surface area contributed by atoms with E-state index in [9.17, 15) is 9.59 Å². The van der Waals surface area contributed by atoms with Crippen molar-refractivity contribution >= 4 is 47.5 Å². The van der Waals surface area contributed by atoms with Gasteiger partial charge in [-0.15, -0.1) is 4.99 Å². The molecule has 0 aliphatic heterocycles. The van der Waals surface area contributed by atoms with Crippen LogP contribution in [0.4, 0.5) is 9.59 Å². The highest BCUT2D eigenvalue weighted by Crippen LogP contribution is 2.15. The van der Waals surface area contributed by atoms with Crippen LogP contribution >= 0.6 is 24.2 Å². The molecule has 0 aliphatic rings. The number of hydrogen-bond donors (Lipinski definition) is 1. The first-order chi connectivity index (χ1) is 11.7. The number of hydrogen-bond acceptors (Lipinski definition) is 6. The quantitative estimate of drug-likeness (QED) is 0.368. The Hall–Kier alpha value is -2.00. The Bertz CT molecular complexity index is 653. The van der Waals surface area contributed by atoms with Gasteiger partial charge in [-0.05, 0) is 44.5 Å². The molecule has 0 spiro atoms. The predicted molar refractivity (Wildman–Crippen MR) is 97.5 cm³/mol. The summed E-state index contributed by atoms with van der Waals surface area (Å²) in [6.45, 7) is 5.25. The second-order valence-electron chi connectivity index (χ2n) is 5.68. The van der Waals surface area contributed by atoms with Gasteiger partial charge >= 0.3 is 12.2 Å². The third-order valence-electron chi connectivity index (χ3n) is 2.54. The lowest BCUT2D eigenvalue weighted by molar-refractivity contribution is 0.0350. The molecule has 1 heterocycles. The second-order valence-corrected chi connectivity index (χ2v) is 6.34. The summed E-state index contributed by atoms with van der Waals surface area (Å²) in [4.78, 5) is 32.2. The maximum absolute atomic E-state index is 12.5. The smallest absolute Gasteiger partial charge is 0.436 e. The minimum Gasteiger partial charge on any atom is -0.467 e. The molecule has 10 heteroatoms. The molecule has 0 fully saturated rings. The lowest BCUT2D eigenvalue weighted by Gasteiger charge is -2.27. The molecule has 0 N–H and O–H groups in total. The van der Waals surface area contributed by atoms with Crippen LogP contribution in [-0.4, -0.2) is 46.7 Å². The van der Waals surface area contributed by atoms with E-state index in [2.05, 4.69) is 27.4 Å². The molecule has 138 valence electrons. The van der Waals surface area contributed by atoms with Gasteiger partial charge in [0.15, 0.2) is 0 Å². The molecular weight excluding hydrogens is 370 g/mol. The molecule has 2 amide bonds. The van der Waals surface area contributed by atoms with Crippen LogP contribution < -0.4 is 0 Å². The van der Waals surface area contributed by atoms with Crippen LogP contribution in [-0.2, 0) is 16.0 Å². The third-order valence-corrected chi connectivity index (χ3v) is 2.99. The van der Waals surface area contributed by atoms with Crippen molar-refractivity contribution in [3.63, 3.8) is 0 Å². The molecule has 8 nitrogen and oxygen atoms in total. The first kappa shape index (κ1) is 21.0. The van der Waals surface area contributed by atoms with Gasteiger partial charge in [0.2, 0.25) is 5.29 Å². The molecule has 0 saturated carbocycles. The summed E-state index contributed by atoms with van der Waals surface area (Å²) in [6.07, 6.45) is -0.104. The number of aliphatic imine (C=N–C) groups is 2. The molecule has 0 saturated heterocycles. The number of nitrogens with zero attached hydrogens (tertiary/aromatic N) is 3. The maximum atomic E-state index is 12.5. The van der Waals surface area contributed by atoms with Crippen molar-refractivity contribution in [3.05, 3.63) is 24.2 Å². The molecule has 1 rings (SSSR count). The number of carbonyl (C=O) groups excluding carboxylic acids is 2. The van der Waals surface area contributed by atoms with Gasteiger partial charge in [0.1, 0.15) is 17.2 Å². The zero-order valence-electron chi connectivity index (χ0n) is 14.4. The average Bonchev–Trinajstić information content (AvgIpc) is 3.01. The number of thiol groups is 1. The van der Waals surface area contributed by atoms with Crippen molar-refractivity contribution in [1.82, 2.24) is 4.90 Å². The largest absolute Gasteiger partial charge is 0.467 e. The highest BCUT2D eigenvalue weighted by atomic mass is 35.5. The third kappa shape index (κ3) is 7.61. The van der Waals surface area contributed by atoms with E-state index < -0.39 is 23.1 Å². The van der Waals surface area contributed by atoms with Crippen molar-refractivity contribution in [3.8, 4) is 0 Å². The van der Waals surface area contributed by atoms with Crippen LogP contribution in [0.1, 0.15) is 26.5 Å². The lowest BCUT2D eigenvalue weighted by Crippen LogP contribution is -2.41. The summed E-state index contributed by atoms with van der Waals surface area (Å²) in [6, 6.07) is 3.38. The molecule has 0 aliphatic carbocycles. The second kappa shape index (κ2) is 9.47. The van der Waals surface area contributed by atoms with E-state index in [1.165, 1.54) is 11.2 Å². The average molecular weight is 390 g/mol. The maximum Gasteiger partial charge on any atom is 0.436 e. The number of ether oxygens (including phenoxy) is 2. The lowest BCUT2D eigenvalue weighted by atomic mass is 10.2. The van der Waals surface area contributed by atoms with E-state index in [0.29, 0.717) is 5.76 Å². The number of furan rings is 1. The SMILES string of the molecule is COC(=O)/N=C(Cl)\N=C(/CS)N(Cc1ccco1)C(=O)OC(C)(C)C. The van der Waals surface area contributed by atoms with Gasteiger partial charge < -0.3 is 13.9 Å². The first-order valence-electron chi connectivity index (χ1n) is 7.19. The Kier molecular flexibility index (Phi) is 7.98. The fourth-order valence-electron chi connectivity index (χ4n) is 1.57. The molecule has 0 radical (unpaired) electrons. The fraction of sp³-hybridized carbons (Fsp3) is 0.467. The van der Waals surface area contributed by atoms with Crippen molar-refractivity contribution in [2.45, 2.75) is 32.9 Å². The molecule has 0 unspecified atom stereocenters. The number of amidine groups is 2. The predicted octanol–water partition coefficient (Wildman–Crippen LogP) is 3.71. The van der Waals surface area contributed by atoms with Crippen LogP contribution in [0.5, 0.6) is 0 Å². The summed E-state index contributed by atoms with van der Waals surface area (Å²) >= 11 is 9.98. The number of rotatable bonds is 3. The number of amides is 2. The first-order valence-corrected chi connectivity index (χ1v) is 8.20. The summed E-state index contributed by atoms with van der Waals surface area (Å²) in [5.74, 6) is 0.667. The van der Waals surface area contributed by atoms with E-state index >= 15 is 0 Å². The molecule has 0 aromatic carbocycles. The zero-order valence-corrected chi connectivity index (χ0v) is 16.0. The standard InChI is InChI=1S/C15H20ClN3O5S/c1-15(2,3)24-14(21)19(8-10-6-5-7-23-10)11(9-25)17-12(16)18-13(20)22-4/h5-7,25H,8-9H2,1-4H3/b17-11+,18-12-. The minimum atomic E-state index is -0.915. The van der Waals surface area contributed by atoms with Gasteiger partial charge in [-0.3, -0.25) is 4.90 Å². The fourth-order valence-corrected chi connectivity index (χ4v) is 1.98. The monoisotopic (exact) mass is 389 g/mol. The van der Waals surface area contributed by atoms with Crippen molar-refractivity contribution < 1.29 is 23.5 Å². The van der Waals surface area contributed by atoms with Crippen LogP contribution in [0.2, 0.25) is 0 Å². The van der Waals surface area contributed by atoms with Crippen molar-refractivity contribution in [1.29, 1.82) is 0 Å². The number of methoxy groups -OCH3 is 1. The molecule has 1 aromatic rings. The van der Waals surface area contributed by atoms with Gasteiger partial charge in [-0.2, -0.15) is 12.6 Å². The van der Waals surface area contributed by atoms with E-state index in [1.54, 1.807) is 32.9 Å². The Morgan fingerprint density at radius 3 is 2.52 bits per heavy atom. The number of carbonyl (C=O) groups is 2. The minimum absolute atomic E-state index is 0.0346. The van der Waals surface area contributed by atoms with Crippen molar-refractivity contribution in [2.75, 3.05) is 12.9 Å². The van der Waals surface area contributed by atoms with Crippen LogP contribution in [0.3, 0.4) is 0 Å². The van der Waals surface area contributed by atoms with Crippen LogP contribution in [0.25, 0.3) is 0 Å². The Balaban J connectivity index is 3.15. The van der Waals surface area contributed by atoms with E-state index in [-0.39, 0.29) is 18.1 Å². The van der Waals surface area contributed by atoms with Gasteiger partial charge in [-0.25, -0.2) is 14.6 Å². The Morgan fingerprint density at radius 2 is 2.04 bits per heavy atom. The Morgan fingerprint density at radius 1 is 1.36 bits per heavy atom. The normalized spacial score (nSPS) is 12.7. The highest BCUT2D eigenvalue weighted by molar-refractivity contribution is 7.81. The topological polar surface area (TPSA) is 93.7 Å². The molecule has 1 aromatic heterocycles. The summed E-state index contributed by atoms with van der Waals surface area (Å²) in [5.41, 5.74) is -0.718. The number of halogens is 1. The van der Waals surface area contributed by atoms with E-state index in [4.69, 9.17) is 20.8 Å². The Labute approximate surface area is 156 Å². The van der Waals surface area contributed by atoms with Crippen molar-refractivity contribution in [2.24, 2.45) is 9.98 Å². The van der Waals surface area contributed by atoms with Gasteiger partial charge in [0.25, 0.3) is 0 Å². The van der Waals surface area contributed by atoms with Crippen LogP contribution in [0, 0.1) is 0 Å². The highest BCUT2D eigenvalue weighted by Gasteiger charge is 2.26. The van der Waals surface area contributed by atoms with Gasteiger partial charge in [0, 0.05) is 5.75 Å². The summed E-state index contributed by atoms with van der Waals surface area (Å²) in [5, 5.41) is -0.399. The molecule has 25 heavy (non-hydrogen) atoms. The van der Waals surface area contributed by atoms with Crippen LogP contribution in [0.15, 0.2) is 32.8 Å². The summed E-state index contributed by atoms with van der Waals surface area (Å²) in [7, 11) is 1.16. The molecular formula is C15H20ClN3O5S. The van der Waals surface area contributed by atoms with E-state index in [0.717, 1.165) is 7.11 Å². The van der Waals surface area contributed by atoms with E-state index in [1.807, 2.05) is 0 Å². The van der Waals surface area contributed by atoms with Gasteiger partial charge in [0.05, 0.1) is 19.9 Å². The zero-order chi connectivity index (χ0) is 19.0. The molecule has 0 atom stereocenters. The van der Waals surface area contributed by atoms with Gasteiger partial charge in [-0.1, -0.05) is 0 Å².